The van der Waals surface area contributed by atoms with Gasteiger partial charge in [-0.3, -0.25) is 13.9 Å². The van der Waals surface area contributed by atoms with Gasteiger partial charge in [0, 0.05) is 24.9 Å². The van der Waals surface area contributed by atoms with Crippen LogP contribution in [0.3, 0.4) is 0 Å². The van der Waals surface area contributed by atoms with Crippen LogP contribution in [0.2, 0.25) is 0 Å². The first-order chi connectivity index (χ1) is 13.0. The maximum Gasteiger partial charge on any atom is 0.332 e. The molecular weight excluding hydrogens is 352 g/mol. The topological polar surface area (TPSA) is 175 Å². The van der Waals surface area contributed by atoms with Crippen LogP contribution in [0.25, 0.3) is 21.9 Å². The van der Waals surface area contributed by atoms with Gasteiger partial charge < -0.3 is 15.8 Å². The molecule has 0 saturated heterocycles. The van der Waals surface area contributed by atoms with E-state index in [2.05, 4.69) is 31.0 Å². The molecule has 0 aliphatic rings. The molecule has 0 aliphatic carbocycles. The van der Waals surface area contributed by atoms with Crippen molar-refractivity contribution in [1.29, 1.82) is 0 Å². The summed E-state index contributed by atoms with van der Waals surface area (Å²) < 4.78 is 2.37. The normalized spacial score (nSPS) is 10.5. The third-order valence-corrected chi connectivity index (χ3v) is 3.99. The Kier molecular flexibility index (Phi) is 4.83. The molecular formula is C15H18N10O2. The molecule has 27 heavy (non-hydrogen) atoms. The Bertz CT molecular complexity index is 1180. The smallest absolute Gasteiger partial charge is 0.332 e. The Balaban J connectivity index is 0.000000156. The van der Waals surface area contributed by atoms with Crippen molar-refractivity contribution in [3.05, 3.63) is 51.4 Å². The molecule has 3 heterocycles. The Hall–Kier alpha value is -3.77. The lowest BCUT2D eigenvalue weighted by Gasteiger charge is -2.06. The van der Waals surface area contributed by atoms with Gasteiger partial charge in [-0.1, -0.05) is 24.3 Å². The molecule has 140 valence electrons. The van der Waals surface area contributed by atoms with Crippen LogP contribution in [-0.2, 0) is 14.1 Å². The van der Waals surface area contributed by atoms with Gasteiger partial charge in [-0.15, -0.1) is 10.2 Å². The van der Waals surface area contributed by atoms with E-state index in [1.165, 1.54) is 17.9 Å². The van der Waals surface area contributed by atoms with E-state index in [4.69, 9.17) is 11.7 Å². The highest BCUT2D eigenvalue weighted by atomic mass is 16.2. The zero-order valence-electron chi connectivity index (χ0n) is 14.6. The van der Waals surface area contributed by atoms with Gasteiger partial charge in [-0.2, -0.15) is 0 Å². The fraction of sp³-hybridized carbons (Fsp3) is 0.133. The van der Waals surface area contributed by atoms with E-state index in [0.29, 0.717) is 22.8 Å². The highest BCUT2D eigenvalue weighted by molar-refractivity contribution is 5.97. The third-order valence-electron chi connectivity index (χ3n) is 3.99. The second-order valence-electron chi connectivity index (χ2n) is 5.54. The largest absolute Gasteiger partial charge is 0.339 e. The number of nitrogen functional groups attached to an aromatic ring is 2. The van der Waals surface area contributed by atoms with Crippen LogP contribution in [0.15, 0.2) is 40.2 Å². The van der Waals surface area contributed by atoms with Gasteiger partial charge in [-0.05, 0) is 0 Å². The lowest BCUT2D eigenvalue weighted by Crippen LogP contribution is -2.36. The maximum absolute atomic E-state index is 11.4. The zero-order valence-corrected chi connectivity index (χ0v) is 14.6. The van der Waals surface area contributed by atoms with Crippen molar-refractivity contribution in [3.63, 3.8) is 0 Å². The van der Waals surface area contributed by atoms with Crippen LogP contribution in [0.1, 0.15) is 0 Å². The first-order valence-electron chi connectivity index (χ1n) is 7.77. The number of H-pyrrole nitrogens is 1. The molecule has 0 unspecified atom stereocenters. The number of aryl methyl sites for hydroxylation is 1. The maximum atomic E-state index is 11.4. The van der Waals surface area contributed by atoms with Crippen molar-refractivity contribution in [1.82, 2.24) is 29.3 Å². The van der Waals surface area contributed by atoms with E-state index in [-0.39, 0.29) is 11.2 Å². The number of aromatic nitrogens is 6. The molecule has 1 aromatic carbocycles. The fourth-order valence-corrected chi connectivity index (χ4v) is 2.59. The number of benzene rings is 1. The summed E-state index contributed by atoms with van der Waals surface area (Å²) in [5, 5.41) is 9.48. The number of fused-ring (bicyclic) bond motifs is 2. The number of nitrogens with one attached hydrogen (secondary N) is 3. The second kappa shape index (κ2) is 7.23. The number of rotatable bonds is 2. The minimum absolute atomic E-state index is 0.351. The molecule has 0 spiro atoms. The van der Waals surface area contributed by atoms with Crippen LogP contribution in [0.5, 0.6) is 0 Å². The summed E-state index contributed by atoms with van der Waals surface area (Å²) in [5.41, 5.74) is 4.97. The van der Waals surface area contributed by atoms with Gasteiger partial charge in [0.1, 0.15) is 5.52 Å². The monoisotopic (exact) mass is 370 g/mol. The molecule has 0 bridgehead atoms. The summed E-state index contributed by atoms with van der Waals surface area (Å²) in [5.74, 6) is 11.7. The lowest BCUT2D eigenvalue weighted by atomic mass is 10.2. The second-order valence-corrected chi connectivity index (χ2v) is 5.54. The Morgan fingerprint density at radius 3 is 2.04 bits per heavy atom. The van der Waals surface area contributed by atoms with Gasteiger partial charge in [0.05, 0.1) is 6.33 Å². The van der Waals surface area contributed by atoms with E-state index in [9.17, 15) is 9.59 Å². The number of nitrogens with two attached hydrogens (primary N) is 2. The number of hydrazine groups is 2. The summed E-state index contributed by atoms with van der Waals surface area (Å²) in [6.07, 6.45) is 1.39. The molecule has 0 aliphatic heterocycles. The lowest BCUT2D eigenvalue weighted by molar-refractivity contribution is 0.709. The van der Waals surface area contributed by atoms with Crippen LogP contribution in [0, 0.1) is 0 Å². The van der Waals surface area contributed by atoms with Crippen molar-refractivity contribution < 1.29 is 0 Å². The molecule has 7 N–H and O–H groups in total. The first kappa shape index (κ1) is 18.0. The molecule has 0 saturated carbocycles. The number of nitrogens with zero attached hydrogens (tertiary/aromatic N) is 5. The van der Waals surface area contributed by atoms with E-state index in [0.717, 1.165) is 15.3 Å². The number of aromatic amines is 1. The van der Waals surface area contributed by atoms with Gasteiger partial charge in [-0.25, -0.2) is 21.5 Å². The summed E-state index contributed by atoms with van der Waals surface area (Å²) in [7, 11) is 3.01. The van der Waals surface area contributed by atoms with E-state index in [1.54, 1.807) is 7.05 Å². The quantitative estimate of drug-likeness (QED) is 0.222. The van der Waals surface area contributed by atoms with Crippen molar-refractivity contribution in [3.8, 4) is 0 Å². The molecule has 12 nitrogen and oxygen atoms in total. The number of anilines is 2. The molecule has 0 fully saturated rings. The van der Waals surface area contributed by atoms with Crippen LogP contribution in [-0.4, -0.2) is 29.3 Å². The van der Waals surface area contributed by atoms with Crippen LogP contribution >= 0.6 is 0 Å². The minimum atomic E-state index is -0.371. The van der Waals surface area contributed by atoms with Crippen molar-refractivity contribution in [2.75, 3.05) is 10.9 Å². The molecule has 4 rings (SSSR count). The predicted molar refractivity (Wildman–Crippen MR) is 102 cm³/mol. The van der Waals surface area contributed by atoms with E-state index in [1.807, 2.05) is 24.3 Å². The average Bonchev–Trinajstić information content (AvgIpc) is 3.20. The minimum Gasteiger partial charge on any atom is -0.339 e. The van der Waals surface area contributed by atoms with Crippen LogP contribution < -0.4 is 33.8 Å². The van der Waals surface area contributed by atoms with Crippen molar-refractivity contribution in [2.45, 2.75) is 0 Å². The van der Waals surface area contributed by atoms with Crippen molar-refractivity contribution >= 4 is 33.6 Å². The molecule has 3 aromatic heterocycles. The number of imidazole rings is 1. The summed E-state index contributed by atoms with van der Waals surface area (Å²) in [6.45, 7) is 0. The molecule has 0 amide bonds. The first-order valence-corrected chi connectivity index (χ1v) is 7.77. The SMILES string of the molecule is Cn1c(=O)c2[nH]cnc2n(C)c1=O.NNc1nnc(NN)c2ccccc12. The Morgan fingerprint density at radius 2 is 1.52 bits per heavy atom. The van der Waals surface area contributed by atoms with E-state index < -0.39 is 0 Å². The Labute approximate surface area is 151 Å². The van der Waals surface area contributed by atoms with Crippen LogP contribution in [0.4, 0.5) is 11.6 Å². The molecule has 4 aromatic rings. The highest BCUT2D eigenvalue weighted by Gasteiger charge is 2.09. The highest BCUT2D eigenvalue weighted by Crippen LogP contribution is 2.24. The zero-order chi connectivity index (χ0) is 19.6. The van der Waals surface area contributed by atoms with E-state index >= 15 is 0 Å². The number of hydrogen-bond donors (Lipinski definition) is 5. The summed E-state index contributed by atoms with van der Waals surface area (Å²) in [4.78, 5) is 29.4. The third kappa shape index (κ3) is 3.09. The average molecular weight is 370 g/mol. The fourth-order valence-electron chi connectivity index (χ4n) is 2.59. The van der Waals surface area contributed by atoms with Gasteiger partial charge >= 0.3 is 5.69 Å². The summed E-state index contributed by atoms with van der Waals surface area (Å²) in [6, 6.07) is 7.57. The Morgan fingerprint density at radius 1 is 0.963 bits per heavy atom. The van der Waals surface area contributed by atoms with Crippen molar-refractivity contribution in [2.24, 2.45) is 25.8 Å². The predicted octanol–water partition coefficient (Wildman–Crippen LogP) is -0.839. The number of hydrogen-bond acceptors (Lipinski definition) is 9. The van der Waals surface area contributed by atoms with Gasteiger partial charge in [0.25, 0.3) is 5.56 Å². The molecule has 0 atom stereocenters. The molecule has 0 radical (unpaired) electrons. The van der Waals surface area contributed by atoms with Gasteiger partial charge in [0.2, 0.25) is 0 Å². The summed E-state index contributed by atoms with van der Waals surface area (Å²) >= 11 is 0. The molecule has 12 heteroatoms. The standard InChI is InChI=1S/C8H10N6.C7H8N4O2/c9-11-7-5-3-1-2-4-6(5)8(12-10)14-13-7;1-10-5-4(8-3-9-5)6(12)11(2)7(10)13/h1-4H,9-10H2,(H,11,13)(H,12,14);3H,1-2H3,(H,8,9). The van der Waals surface area contributed by atoms with Gasteiger partial charge in [0.15, 0.2) is 17.3 Å².